The summed E-state index contributed by atoms with van der Waals surface area (Å²) in [5.74, 6) is -3.95. The van der Waals surface area contributed by atoms with Crippen LogP contribution in [0.15, 0.2) is 54.6 Å². The number of nitrogens with zero attached hydrogens (tertiary/aromatic N) is 2. The molecule has 3 aliphatic rings. The number of carbonyl (C=O) groups excluding carboxylic acids is 7. The lowest BCUT2D eigenvalue weighted by atomic mass is 9.83. The number of carbonyl (C=O) groups is 7. The number of likely N-dealkylation sites (N-methyl/N-ethyl adjacent to an activating group) is 1. The molecule has 2 heterocycles. The average molecular weight is 817 g/mol. The van der Waals surface area contributed by atoms with Gasteiger partial charge in [-0.15, -0.1) is 0 Å². The minimum absolute atomic E-state index is 0.0428. The predicted molar refractivity (Wildman–Crippen MR) is 219 cm³/mol. The first-order valence-corrected chi connectivity index (χ1v) is 20.8. The Kier molecular flexibility index (Phi) is 15.6. The van der Waals surface area contributed by atoms with Gasteiger partial charge >= 0.3 is 0 Å². The molecule has 2 fully saturated rings. The summed E-state index contributed by atoms with van der Waals surface area (Å²) in [6, 6.07) is 11.8. The molecule has 2 aromatic carbocycles. The zero-order valence-electron chi connectivity index (χ0n) is 34.9. The van der Waals surface area contributed by atoms with Gasteiger partial charge in [0, 0.05) is 33.5 Å². The van der Waals surface area contributed by atoms with E-state index in [0.717, 1.165) is 37.7 Å². The van der Waals surface area contributed by atoms with Gasteiger partial charge in [-0.05, 0) is 62.3 Å². The van der Waals surface area contributed by atoms with Crippen molar-refractivity contribution in [3.8, 4) is 5.75 Å². The summed E-state index contributed by atoms with van der Waals surface area (Å²) in [5, 5.41) is 10.7. The van der Waals surface area contributed by atoms with Crippen LogP contribution >= 0.6 is 0 Å². The maximum Gasteiger partial charge on any atom is 0.290 e. The van der Waals surface area contributed by atoms with Crippen molar-refractivity contribution < 1.29 is 43.0 Å². The number of Topliss-reactive ketones (excluding diaryl/α,β-unsaturated/α-hetero) is 1. The molecule has 0 radical (unpaired) electrons. The van der Waals surface area contributed by atoms with E-state index in [-0.39, 0.29) is 49.4 Å². The fraction of sp³-hybridized carbons (Fsp3) is 0.568. The molecule has 1 unspecified atom stereocenters. The molecule has 4 bridgehead atoms. The van der Waals surface area contributed by atoms with Gasteiger partial charge in [0.05, 0.1) is 37.3 Å². The van der Waals surface area contributed by atoms with Gasteiger partial charge in [-0.2, -0.15) is 0 Å². The van der Waals surface area contributed by atoms with Crippen LogP contribution in [0.2, 0.25) is 0 Å². The van der Waals surface area contributed by atoms with E-state index in [4.69, 9.17) is 9.47 Å². The van der Waals surface area contributed by atoms with Crippen LogP contribution in [-0.4, -0.2) is 115 Å². The van der Waals surface area contributed by atoms with Crippen LogP contribution in [0.25, 0.3) is 0 Å². The Morgan fingerprint density at radius 2 is 1.69 bits per heavy atom. The molecule has 6 amide bonds. The van der Waals surface area contributed by atoms with Gasteiger partial charge in [0.15, 0.2) is 0 Å². The molecule has 1 saturated heterocycles. The van der Waals surface area contributed by atoms with E-state index in [1.54, 1.807) is 51.4 Å². The third-order valence-corrected chi connectivity index (χ3v) is 11.2. The van der Waals surface area contributed by atoms with Crippen LogP contribution in [0.3, 0.4) is 0 Å². The Bertz CT molecular complexity index is 1830. The van der Waals surface area contributed by atoms with Crippen molar-refractivity contribution in [2.75, 3.05) is 33.8 Å². The molecule has 1 aliphatic carbocycles. The van der Waals surface area contributed by atoms with Crippen molar-refractivity contribution >= 4 is 41.2 Å². The largest absolute Gasteiger partial charge is 0.493 e. The van der Waals surface area contributed by atoms with E-state index in [1.165, 1.54) is 9.80 Å². The Morgan fingerprint density at radius 3 is 2.39 bits per heavy atom. The molecule has 5 rings (SSSR count). The highest BCUT2D eigenvalue weighted by Gasteiger charge is 2.46. The molecule has 320 valence electrons. The average Bonchev–Trinajstić information content (AvgIpc) is 3.63. The van der Waals surface area contributed by atoms with E-state index in [9.17, 15) is 33.6 Å². The van der Waals surface area contributed by atoms with Gasteiger partial charge in [-0.1, -0.05) is 75.1 Å². The third-order valence-electron chi connectivity index (χ3n) is 11.2. The van der Waals surface area contributed by atoms with Crippen LogP contribution in [0.5, 0.6) is 5.75 Å². The summed E-state index contributed by atoms with van der Waals surface area (Å²) in [6.07, 6.45) is 5.03. The summed E-state index contributed by atoms with van der Waals surface area (Å²) >= 11 is 0. The summed E-state index contributed by atoms with van der Waals surface area (Å²) in [4.78, 5) is 98.0. The van der Waals surface area contributed by atoms with Crippen LogP contribution in [0, 0.1) is 5.92 Å². The van der Waals surface area contributed by atoms with E-state index < -0.39 is 65.9 Å². The molecule has 4 N–H and O–H groups in total. The van der Waals surface area contributed by atoms with Crippen molar-refractivity contribution in [2.24, 2.45) is 5.92 Å². The minimum atomic E-state index is -1.25. The Hall–Kier alpha value is -5.31. The van der Waals surface area contributed by atoms with Gasteiger partial charge in [0.2, 0.25) is 35.3 Å². The molecule has 0 aromatic heterocycles. The van der Waals surface area contributed by atoms with Crippen LogP contribution in [0.1, 0.15) is 95.7 Å². The number of nitrogens with one attached hydrogen (secondary N) is 4. The SMILES string of the molecule is CCCC(NC(=O)[C@@H]1C[C@@H]2CN1C(=O)[C@H](C1CCCCC1)NC(=O)Cc1cccc(c1)OCCC(C)(C)O2)C(=O)C(=O)NCC(=O)N[C@H](C(=O)N(C)C)c1ccccc1. The molecule has 15 nitrogen and oxygen atoms in total. The Morgan fingerprint density at radius 1 is 0.966 bits per heavy atom. The zero-order chi connectivity index (χ0) is 42.7. The van der Waals surface area contributed by atoms with Crippen molar-refractivity contribution in [3.63, 3.8) is 0 Å². The second-order valence-electron chi connectivity index (χ2n) is 16.6. The van der Waals surface area contributed by atoms with Crippen molar-refractivity contribution in [1.82, 2.24) is 31.1 Å². The number of ether oxygens (including phenoxy) is 2. The molecular formula is C44H60N6O9. The number of ketones is 1. The quantitative estimate of drug-likeness (QED) is 0.233. The highest BCUT2D eigenvalue weighted by Crippen LogP contribution is 2.32. The minimum Gasteiger partial charge on any atom is -0.493 e. The van der Waals surface area contributed by atoms with E-state index in [2.05, 4.69) is 21.3 Å². The number of fused-ring (bicyclic) bond motifs is 4. The van der Waals surface area contributed by atoms with E-state index in [0.29, 0.717) is 30.8 Å². The van der Waals surface area contributed by atoms with Gasteiger partial charge < -0.3 is 40.5 Å². The van der Waals surface area contributed by atoms with E-state index in [1.807, 2.05) is 38.1 Å². The fourth-order valence-corrected chi connectivity index (χ4v) is 8.12. The molecule has 1 saturated carbocycles. The van der Waals surface area contributed by atoms with Gasteiger partial charge in [-0.25, -0.2) is 0 Å². The lowest BCUT2D eigenvalue weighted by Gasteiger charge is -2.35. The standard InChI is InChI=1S/C44H60N6O9/c1-6-14-33(39(53)41(55)45-26-36(52)48-37(42(56)49(4)5)29-16-9-7-10-17-29)46-40(54)34-25-32-27-50(34)43(57)38(30-18-11-8-12-19-30)47-35(51)24-28-15-13-20-31(23-28)58-22-21-44(2,3)59-32/h7,9-10,13,15-17,20,23,30,32-34,37-38H,6,8,11-12,14,18-19,21-22,24-27H2,1-5H3,(H,45,55)(H,46,54)(H,47,51)(H,48,52)/t32-,33?,34+,37+,38+/m1/s1. The first-order chi connectivity index (χ1) is 28.1. The smallest absolute Gasteiger partial charge is 0.290 e. The van der Waals surface area contributed by atoms with Crippen LogP contribution < -0.4 is 26.0 Å². The molecule has 15 heteroatoms. The third kappa shape index (κ3) is 12.4. The monoisotopic (exact) mass is 816 g/mol. The first kappa shape index (κ1) is 44.8. The van der Waals surface area contributed by atoms with Crippen molar-refractivity contribution in [3.05, 3.63) is 65.7 Å². The first-order valence-electron chi connectivity index (χ1n) is 20.8. The highest BCUT2D eigenvalue weighted by atomic mass is 16.5. The summed E-state index contributed by atoms with van der Waals surface area (Å²) in [6.45, 7) is 5.48. The second-order valence-corrected chi connectivity index (χ2v) is 16.6. The van der Waals surface area contributed by atoms with Crippen LogP contribution in [0.4, 0.5) is 0 Å². The van der Waals surface area contributed by atoms with Gasteiger partial charge in [0.1, 0.15) is 23.9 Å². The molecule has 2 aliphatic heterocycles. The highest BCUT2D eigenvalue weighted by molar-refractivity contribution is 6.38. The van der Waals surface area contributed by atoms with Crippen molar-refractivity contribution in [2.45, 2.75) is 121 Å². The maximum absolute atomic E-state index is 14.7. The summed E-state index contributed by atoms with van der Waals surface area (Å²) in [7, 11) is 3.12. The van der Waals surface area contributed by atoms with Crippen molar-refractivity contribution in [1.29, 1.82) is 0 Å². The zero-order valence-corrected chi connectivity index (χ0v) is 34.9. The molecule has 2 aromatic rings. The molecular weight excluding hydrogens is 757 g/mol. The Balaban J connectivity index is 1.32. The molecule has 0 spiro atoms. The number of amides is 6. The molecule has 5 atom stereocenters. The topological polar surface area (TPSA) is 193 Å². The lowest BCUT2D eigenvalue weighted by Crippen LogP contribution is -2.58. The second kappa shape index (κ2) is 20.6. The van der Waals surface area contributed by atoms with E-state index >= 15 is 0 Å². The number of benzene rings is 2. The maximum atomic E-state index is 14.7. The Labute approximate surface area is 346 Å². The predicted octanol–water partition coefficient (Wildman–Crippen LogP) is 2.76. The van der Waals surface area contributed by atoms with Crippen LogP contribution in [-0.2, 0) is 44.7 Å². The summed E-state index contributed by atoms with van der Waals surface area (Å²) < 4.78 is 12.6. The summed E-state index contributed by atoms with van der Waals surface area (Å²) in [5.41, 5.74) is 0.593. The van der Waals surface area contributed by atoms with Gasteiger partial charge in [0.25, 0.3) is 5.91 Å². The number of rotatable bonds is 12. The lowest BCUT2D eigenvalue weighted by molar-refractivity contribution is -0.144. The number of hydrogen-bond acceptors (Lipinski definition) is 9. The fourth-order valence-electron chi connectivity index (χ4n) is 8.12. The van der Waals surface area contributed by atoms with Gasteiger partial charge in [-0.3, -0.25) is 33.6 Å². The molecule has 59 heavy (non-hydrogen) atoms. The normalized spacial score (nSPS) is 22.2. The number of hydrogen-bond donors (Lipinski definition) is 4.